The van der Waals surface area contributed by atoms with Crippen LogP contribution in [0, 0.1) is 17.7 Å². The van der Waals surface area contributed by atoms with Crippen LogP contribution in [0.4, 0.5) is 4.39 Å². The Balaban J connectivity index is 1.24. The van der Waals surface area contributed by atoms with Crippen molar-refractivity contribution in [2.75, 3.05) is 26.2 Å². The molecule has 0 spiro atoms. The third kappa shape index (κ3) is 4.32. The van der Waals surface area contributed by atoms with Crippen LogP contribution < -0.4 is 0 Å². The molecule has 2 fully saturated rings. The summed E-state index contributed by atoms with van der Waals surface area (Å²) in [5.41, 5.74) is 1.66. The molecule has 0 aromatic heterocycles. The van der Waals surface area contributed by atoms with E-state index in [1.165, 1.54) is 12.1 Å². The molecule has 0 N–H and O–H groups in total. The number of carbonyl (C=O) groups excluding carboxylic acids is 3. The molecule has 2 aliphatic rings. The molecule has 0 bridgehead atoms. The van der Waals surface area contributed by atoms with E-state index < -0.39 is 11.8 Å². The Labute approximate surface area is 198 Å². The first kappa shape index (κ1) is 22.3. The van der Waals surface area contributed by atoms with Crippen molar-refractivity contribution in [3.05, 3.63) is 83.7 Å². The van der Waals surface area contributed by atoms with Gasteiger partial charge in [0.15, 0.2) is 0 Å². The Kier molecular flexibility index (Phi) is 6.14. The fraction of sp³-hybridized carbons (Fsp3) is 0.321. The molecule has 174 valence electrons. The fourth-order valence-electron chi connectivity index (χ4n) is 5.30. The number of halogens is 1. The highest BCUT2D eigenvalue weighted by molar-refractivity contribution is 5.99. The van der Waals surface area contributed by atoms with Gasteiger partial charge in [-0.25, -0.2) is 4.39 Å². The average molecular weight is 459 g/mol. The smallest absolute Gasteiger partial charge is 0.253 e. The van der Waals surface area contributed by atoms with Crippen molar-refractivity contribution >= 4 is 28.9 Å². The number of aldehydes is 1. The summed E-state index contributed by atoms with van der Waals surface area (Å²) in [6.07, 6.45) is 2.42. The zero-order chi connectivity index (χ0) is 23.7. The van der Waals surface area contributed by atoms with Gasteiger partial charge in [0.1, 0.15) is 12.1 Å². The van der Waals surface area contributed by atoms with Gasteiger partial charge < -0.3 is 14.6 Å². The highest BCUT2D eigenvalue weighted by atomic mass is 19.1. The molecule has 3 aromatic carbocycles. The maximum atomic E-state index is 13.3. The summed E-state index contributed by atoms with van der Waals surface area (Å²) in [6.45, 7) is 1.71. The zero-order valence-corrected chi connectivity index (χ0v) is 18.9. The van der Waals surface area contributed by atoms with Crippen molar-refractivity contribution < 1.29 is 18.8 Å². The monoisotopic (exact) mass is 458 g/mol. The summed E-state index contributed by atoms with van der Waals surface area (Å²) < 4.78 is 13.2. The van der Waals surface area contributed by atoms with E-state index in [2.05, 4.69) is 0 Å². The summed E-state index contributed by atoms with van der Waals surface area (Å²) >= 11 is 0. The van der Waals surface area contributed by atoms with Crippen LogP contribution in [-0.4, -0.2) is 54.1 Å². The Morgan fingerprint density at radius 1 is 0.853 bits per heavy atom. The Morgan fingerprint density at radius 2 is 1.56 bits per heavy atom. The first-order valence-electron chi connectivity index (χ1n) is 11.8. The van der Waals surface area contributed by atoms with Gasteiger partial charge in [0.05, 0.1) is 5.92 Å². The molecule has 6 heteroatoms. The van der Waals surface area contributed by atoms with Crippen LogP contribution in [0.15, 0.2) is 66.7 Å². The molecule has 5 rings (SSSR count). The minimum atomic E-state index is -0.510. The summed E-state index contributed by atoms with van der Waals surface area (Å²) in [5.74, 6) is -1.16. The van der Waals surface area contributed by atoms with Crippen molar-refractivity contribution in [2.24, 2.45) is 11.8 Å². The molecule has 0 aliphatic carbocycles. The second-order valence-corrected chi connectivity index (χ2v) is 9.33. The SMILES string of the molecule is O=CC1CN(C(=O)c2ccc3ccccc3c2)CC1C(=O)N1CCC(c2ccc(F)cc2)CC1. The van der Waals surface area contributed by atoms with E-state index in [-0.39, 0.29) is 30.7 Å². The van der Waals surface area contributed by atoms with Crippen LogP contribution in [0.2, 0.25) is 0 Å². The zero-order valence-electron chi connectivity index (χ0n) is 18.9. The van der Waals surface area contributed by atoms with E-state index in [0.717, 1.165) is 35.5 Å². The Morgan fingerprint density at radius 3 is 2.26 bits per heavy atom. The molecular formula is C28H27FN2O3. The highest BCUT2D eigenvalue weighted by Crippen LogP contribution is 2.31. The van der Waals surface area contributed by atoms with E-state index in [0.29, 0.717) is 24.6 Å². The van der Waals surface area contributed by atoms with E-state index in [9.17, 15) is 18.8 Å². The largest absolute Gasteiger partial charge is 0.342 e. The normalized spacial score (nSPS) is 21.1. The number of fused-ring (bicyclic) bond motifs is 1. The second-order valence-electron chi connectivity index (χ2n) is 9.33. The van der Waals surface area contributed by atoms with Crippen molar-refractivity contribution in [3.8, 4) is 0 Å². The van der Waals surface area contributed by atoms with Crippen LogP contribution in [0.3, 0.4) is 0 Å². The fourth-order valence-corrected chi connectivity index (χ4v) is 5.30. The van der Waals surface area contributed by atoms with Crippen molar-refractivity contribution in [3.63, 3.8) is 0 Å². The third-order valence-corrected chi connectivity index (χ3v) is 7.29. The number of amides is 2. The summed E-state index contributed by atoms with van der Waals surface area (Å²) in [5, 5.41) is 2.04. The van der Waals surface area contributed by atoms with Gasteiger partial charge in [0, 0.05) is 37.7 Å². The van der Waals surface area contributed by atoms with Gasteiger partial charge in [0.2, 0.25) is 5.91 Å². The predicted octanol–water partition coefficient (Wildman–Crippen LogP) is 4.27. The lowest BCUT2D eigenvalue weighted by Gasteiger charge is -2.34. The van der Waals surface area contributed by atoms with Crippen LogP contribution in [-0.2, 0) is 9.59 Å². The first-order chi connectivity index (χ1) is 16.5. The van der Waals surface area contributed by atoms with E-state index in [1.54, 1.807) is 11.0 Å². The van der Waals surface area contributed by atoms with Gasteiger partial charge in [0.25, 0.3) is 5.91 Å². The van der Waals surface area contributed by atoms with Gasteiger partial charge in [-0.05, 0) is 59.4 Å². The van der Waals surface area contributed by atoms with E-state index >= 15 is 0 Å². The molecule has 2 atom stereocenters. The Hall–Kier alpha value is -3.54. The first-order valence-corrected chi connectivity index (χ1v) is 11.8. The summed E-state index contributed by atoms with van der Waals surface area (Å²) in [4.78, 5) is 41.8. The van der Waals surface area contributed by atoms with Crippen LogP contribution in [0.5, 0.6) is 0 Å². The lowest BCUT2D eigenvalue weighted by molar-refractivity contribution is -0.138. The van der Waals surface area contributed by atoms with Crippen LogP contribution in [0.25, 0.3) is 10.8 Å². The van der Waals surface area contributed by atoms with E-state index in [4.69, 9.17) is 0 Å². The maximum Gasteiger partial charge on any atom is 0.253 e. The number of nitrogens with zero attached hydrogens (tertiary/aromatic N) is 2. The second kappa shape index (κ2) is 9.37. The lowest BCUT2D eigenvalue weighted by Crippen LogP contribution is -2.43. The molecule has 5 nitrogen and oxygen atoms in total. The number of likely N-dealkylation sites (tertiary alicyclic amines) is 2. The number of hydrogen-bond donors (Lipinski definition) is 0. The summed E-state index contributed by atoms with van der Waals surface area (Å²) in [7, 11) is 0. The minimum absolute atomic E-state index is 0.0523. The quantitative estimate of drug-likeness (QED) is 0.549. The third-order valence-electron chi connectivity index (χ3n) is 7.29. The number of hydrogen-bond acceptors (Lipinski definition) is 3. The number of carbonyl (C=O) groups is 3. The minimum Gasteiger partial charge on any atom is -0.342 e. The van der Waals surface area contributed by atoms with Crippen LogP contribution >= 0.6 is 0 Å². The molecule has 2 amide bonds. The van der Waals surface area contributed by atoms with Crippen molar-refractivity contribution in [1.82, 2.24) is 9.80 Å². The molecule has 0 radical (unpaired) electrons. The maximum absolute atomic E-state index is 13.3. The number of piperidine rings is 1. The molecule has 2 unspecified atom stereocenters. The van der Waals surface area contributed by atoms with Gasteiger partial charge in [-0.2, -0.15) is 0 Å². The van der Waals surface area contributed by atoms with Gasteiger partial charge in [-0.1, -0.05) is 42.5 Å². The van der Waals surface area contributed by atoms with Crippen molar-refractivity contribution in [2.45, 2.75) is 18.8 Å². The average Bonchev–Trinajstić information content (AvgIpc) is 3.32. The predicted molar refractivity (Wildman–Crippen MR) is 128 cm³/mol. The highest BCUT2D eigenvalue weighted by Gasteiger charge is 2.42. The number of benzene rings is 3. The number of rotatable bonds is 4. The Bertz CT molecular complexity index is 1220. The van der Waals surface area contributed by atoms with Crippen molar-refractivity contribution in [1.29, 1.82) is 0 Å². The van der Waals surface area contributed by atoms with Gasteiger partial charge in [-0.3, -0.25) is 9.59 Å². The van der Waals surface area contributed by atoms with Gasteiger partial charge in [-0.15, -0.1) is 0 Å². The lowest BCUT2D eigenvalue weighted by atomic mass is 9.88. The standard InChI is InChI=1S/C28H27FN2O3/c29-25-9-7-20(8-10-25)21-11-13-30(14-12-21)28(34)26-17-31(16-24(26)18-32)27(33)23-6-5-19-3-1-2-4-22(19)15-23/h1-10,15,18,21,24,26H,11-14,16-17H2. The topological polar surface area (TPSA) is 57.7 Å². The van der Waals surface area contributed by atoms with Crippen LogP contribution in [0.1, 0.15) is 34.7 Å². The van der Waals surface area contributed by atoms with Gasteiger partial charge >= 0.3 is 0 Å². The molecule has 2 heterocycles. The molecular weight excluding hydrogens is 431 g/mol. The van der Waals surface area contributed by atoms with E-state index in [1.807, 2.05) is 53.4 Å². The molecule has 3 aromatic rings. The molecule has 34 heavy (non-hydrogen) atoms. The molecule has 2 aliphatic heterocycles. The molecule has 0 saturated carbocycles. The summed E-state index contributed by atoms with van der Waals surface area (Å²) in [6, 6.07) is 20.0. The molecule has 2 saturated heterocycles.